The van der Waals surface area contributed by atoms with Crippen molar-refractivity contribution in [1.82, 2.24) is 9.88 Å². The highest BCUT2D eigenvalue weighted by molar-refractivity contribution is 6.34. The number of carbonyl (C=O) groups is 1. The molecule has 8 heteroatoms. The van der Waals surface area contributed by atoms with Gasteiger partial charge in [0.1, 0.15) is 0 Å². The molecule has 1 aromatic heterocycles. The zero-order valence-electron chi connectivity index (χ0n) is 18.9. The predicted molar refractivity (Wildman–Crippen MR) is 130 cm³/mol. The molecule has 7 nitrogen and oxygen atoms in total. The molecule has 3 N–H and O–H groups in total. The molecule has 3 aliphatic rings. The summed E-state index contributed by atoms with van der Waals surface area (Å²) in [5, 5.41) is 3.90. The molecule has 1 aromatic carbocycles. The van der Waals surface area contributed by atoms with Crippen molar-refractivity contribution in [2.45, 2.75) is 62.9 Å². The molecule has 2 aromatic rings. The minimum absolute atomic E-state index is 0.0258. The third-order valence-corrected chi connectivity index (χ3v) is 7.50. The van der Waals surface area contributed by atoms with Gasteiger partial charge >= 0.3 is 0 Å². The van der Waals surface area contributed by atoms with E-state index in [9.17, 15) is 4.79 Å². The highest BCUT2D eigenvalue weighted by Crippen LogP contribution is 2.41. The number of guanidine groups is 1. The summed E-state index contributed by atoms with van der Waals surface area (Å²) in [5.74, 6) is 0.826. The van der Waals surface area contributed by atoms with E-state index in [0.717, 1.165) is 35.5 Å². The van der Waals surface area contributed by atoms with Gasteiger partial charge in [-0.15, -0.1) is 0 Å². The van der Waals surface area contributed by atoms with Crippen LogP contribution in [-0.4, -0.2) is 41.0 Å². The van der Waals surface area contributed by atoms with Crippen LogP contribution < -0.4 is 11.1 Å². The number of hydrogen-bond donors (Lipinski definition) is 2. The third-order valence-electron chi connectivity index (χ3n) is 7.10. The summed E-state index contributed by atoms with van der Waals surface area (Å²) in [6, 6.07) is 9.92. The van der Waals surface area contributed by atoms with Crippen molar-refractivity contribution in [2.75, 3.05) is 18.5 Å². The van der Waals surface area contributed by atoms with Crippen LogP contribution in [0.2, 0.25) is 5.02 Å². The van der Waals surface area contributed by atoms with Crippen LogP contribution in [0.25, 0.3) is 0 Å². The fraction of sp³-hybridized carbons (Fsp3) is 0.480. The van der Waals surface area contributed by atoms with Gasteiger partial charge in [0.2, 0.25) is 5.91 Å². The van der Waals surface area contributed by atoms with E-state index >= 15 is 0 Å². The lowest BCUT2D eigenvalue weighted by Gasteiger charge is -2.40. The summed E-state index contributed by atoms with van der Waals surface area (Å²) in [6.45, 7) is 3.18. The molecule has 0 bridgehead atoms. The van der Waals surface area contributed by atoms with Crippen molar-refractivity contribution in [2.24, 2.45) is 10.7 Å². The van der Waals surface area contributed by atoms with Crippen LogP contribution >= 0.6 is 11.6 Å². The molecular weight excluding hydrogens is 438 g/mol. The Morgan fingerprint density at radius 3 is 2.61 bits per heavy atom. The number of pyridine rings is 1. The van der Waals surface area contributed by atoms with Gasteiger partial charge in [0, 0.05) is 36.4 Å². The van der Waals surface area contributed by atoms with Crippen molar-refractivity contribution in [3.63, 3.8) is 0 Å². The first kappa shape index (κ1) is 22.2. The maximum Gasteiger partial charge on any atom is 0.232 e. The molecule has 0 unspecified atom stereocenters. The van der Waals surface area contributed by atoms with Crippen molar-refractivity contribution >= 4 is 34.8 Å². The van der Waals surface area contributed by atoms with Gasteiger partial charge in [-0.25, -0.2) is 4.99 Å². The number of hydrogen-bond acceptors (Lipinski definition) is 6. The van der Waals surface area contributed by atoms with Crippen molar-refractivity contribution in [3.8, 4) is 0 Å². The maximum absolute atomic E-state index is 13.2. The molecule has 5 rings (SSSR count). The lowest BCUT2D eigenvalue weighted by Crippen LogP contribution is -2.55. The largest absolute Gasteiger partial charge is 0.381 e. The molecule has 1 amide bonds. The topological polar surface area (TPSA) is 92.8 Å². The fourth-order valence-electron chi connectivity index (χ4n) is 4.97. The van der Waals surface area contributed by atoms with Gasteiger partial charge < -0.3 is 15.8 Å². The van der Waals surface area contributed by atoms with Crippen LogP contribution in [-0.2, 0) is 15.1 Å². The second kappa shape index (κ2) is 8.95. The minimum Gasteiger partial charge on any atom is -0.381 e. The van der Waals surface area contributed by atoms with Gasteiger partial charge in [-0.1, -0.05) is 30.2 Å². The molecule has 1 atom stereocenters. The first-order valence-corrected chi connectivity index (χ1v) is 12.1. The molecule has 1 saturated heterocycles. The molecule has 0 radical (unpaired) electrons. The number of nitrogens with zero attached hydrogens (tertiary/aromatic N) is 3. The lowest BCUT2D eigenvalue weighted by molar-refractivity contribution is -0.132. The lowest BCUT2D eigenvalue weighted by atomic mass is 9.83. The molecule has 3 heterocycles. The Morgan fingerprint density at radius 2 is 1.97 bits per heavy atom. The van der Waals surface area contributed by atoms with Gasteiger partial charge in [-0.2, -0.15) is 0 Å². The summed E-state index contributed by atoms with van der Waals surface area (Å²) >= 11 is 6.84. The Kier molecular flexibility index (Phi) is 6.01. The van der Waals surface area contributed by atoms with E-state index in [1.807, 2.05) is 37.4 Å². The molecule has 0 spiro atoms. The Labute approximate surface area is 199 Å². The number of aromatic nitrogens is 1. The van der Waals surface area contributed by atoms with E-state index in [4.69, 9.17) is 27.1 Å². The Balaban J connectivity index is 1.38. The standard InChI is InChI=1S/C25H30ClN5O2/c1-25(14-22(32)31(24(27)30-25)18-10-12-33-13-11-18)19-6-3-7-21(23(19)26)29-17-8-9-20(28-15-17)16-4-2-5-16/h3,6-9,15-16,18,29H,2,4-5,10-14H2,1H3,(H2,27,30)/t25-/m0/s1. The van der Waals surface area contributed by atoms with Gasteiger partial charge in [0.05, 0.1) is 34.6 Å². The second-order valence-corrected chi connectivity index (χ2v) is 9.80. The summed E-state index contributed by atoms with van der Waals surface area (Å²) in [5.41, 5.74) is 9.05. The van der Waals surface area contributed by atoms with Crippen LogP contribution in [0, 0.1) is 0 Å². The zero-order chi connectivity index (χ0) is 23.0. The van der Waals surface area contributed by atoms with Crippen LogP contribution in [0.3, 0.4) is 0 Å². The summed E-state index contributed by atoms with van der Waals surface area (Å²) < 4.78 is 5.43. The van der Waals surface area contributed by atoms with Gasteiger partial charge in [-0.3, -0.25) is 14.7 Å². The smallest absolute Gasteiger partial charge is 0.232 e. The Hall–Kier alpha value is -2.64. The highest BCUT2D eigenvalue weighted by Gasteiger charge is 2.41. The van der Waals surface area contributed by atoms with Crippen LogP contribution in [0.15, 0.2) is 41.5 Å². The number of nitrogens with one attached hydrogen (secondary N) is 1. The van der Waals surface area contributed by atoms with E-state index in [1.54, 1.807) is 4.90 Å². The zero-order valence-corrected chi connectivity index (χ0v) is 19.6. The number of halogens is 1. The first-order valence-electron chi connectivity index (χ1n) is 11.7. The number of carbonyl (C=O) groups excluding carboxylic acids is 1. The van der Waals surface area contributed by atoms with Crippen molar-refractivity contribution < 1.29 is 9.53 Å². The molecule has 1 saturated carbocycles. The average molecular weight is 468 g/mol. The van der Waals surface area contributed by atoms with Gasteiger partial charge in [0.15, 0.2) is 5.96 Å². The summed E-state index contributed by atoms with van der Waals surface area (Å²) in [6.07, 6.45) is 7.34. The average Bonchev–Trinajstić information content (AvgIpc) is 2.75. The van der Waals surface area contributed by atoms with E-state index in [0.29, 0.717) is 24.2 Å². The quantitative estimate of drug-likeness (QED) is 0.665. The van der Waals surface area contributed by atoms with E-state index in [2.05, 4.69) is 16.4 Å². The summed E-state index contributed by atoms with van der Waals surface area (Å²) in [4.78, 5) is 24.2. The first-order chi connectivity index (χ1) is 15.9. The molecular formula is C25H30ClN5O2. The van der Waals surface area contributed by atoms with Crippen LogP contribution in [0.5, 0.6) is 0 Å². The molecule has 2 aliphatic heterocycles. The molecule has 33 heavy (non-hydrogen) atoms. The monoisotopic (exact) mass is 467 g/mol. The van der Waals surface area contributed by atoms with Gasteiger partial charge in [-0.05, 0) is 50.8 Å². The third kappa shape index (κ3) is 4.32. The van der Waals surface area contributed by atoms with Gasteiger partial charge in [0.25, 0.3) is 0 Å². The number of amides is 1. The highest BCUT2D eigenvalue weighted by atomic mass is 35.5. The number of anilines is 2. The van der Waals surface area contributed by atoms with Crippen LogP contribution in [0.4, 0.5) is 11.4 Å². The SMILES string of the molecule is C[C@@]1(c2cccc(Nc3ccc(C4CCC4)nc3)c2Cl)CC(=O)N(C2CCOCC2)C(N)=N1. The second-order valence-electron chi connectivity index (χ2n) is 9.42. The minimum atomic E-state index is -0.829. The molecule has 174 valence electrons. The van der Waals surface area contributed by atoms with E-state index < -0.39 is 5.54 Å². The number of ether oxygens (including phenoxy) is 1. The van der Waals surface area contributed by atoms with Crippen LogP contribution in [0.1, 0.15) is 62.6 Å². The fourth-order valence-corrected chi connectivity index (χ4v) is 5.34. The molecule has 2 fully saturated rings. The Bertz CT molecular complexity index is 1060. The maximum atomic E-state index is 13.2. The molecule has 1 aliphatic carbocycles. The summed E-state index contributed by atoms with van der Waals surface area (Å²) in [7, 11) is 0. The number of benzene rings is 1. The normalized spacial score (nSPS) is 24.4. The predicted octanol–water partition coefficient (Wildman–Crippen LogP) is 4.69. The number of nitrogens with two attached hydrogens (primary N) is 1. The Morgan fingerprint density at radius 1 is 1.18 bits per heavy atom. The number of aliphatic imine (C=N–C) groups is 1. The van der Waals surface area contributed by atoms with Crippen molar-refractivity contribution in [1.29, 1.82) is 0 Å². The van der Waals surface area contributed by atoms with E-state index in [1.165, 1.54) is 19.3 Å². The van der Waals surface area contributed by atoms with Crippen molar-refractivity contribution in [3.05, 3.63) is 52.8 Å². The van der Waals surface area contributed by atoms with E-state index in [-0.39, 0.29) is 24.3 Å². The number of rotatable bonds is 5.